The molecule has 1 aromatic heterocycles. The van der Waals surface area contributed by atoms with Crippen LogP contribution in [0.25, 0.3) is 22.0 Å². The first-order chi connectivity index (χ1) is 20.8. The molecule has 1 amide bonds. The van der Waals surface area contributed by atoms with Crippen LogP contribution in [0.4, 0.5) is 5.69 Å². The van der Waals surface area contributed by atoms with Gasteiger partial charge in [0, 0.05) is 34.7 Å². The summed E-state index contributed by atoms with van der Waals surface area (Å²) in [6.07, 6.45) is 2.96. The number of hydrogen-bond acceptors (Lipinski definition) is 5. The first-order valence-electron chi connectivity index (χ1n) is 14.1. The molecule has 2 unspecified atom stereocenters. The molecule has 7 nitrogen and oxygen atoms in total. The summed E-state index contributed by atoms with van der Waals surface area (Å²) in [6.45, 7) is 7.34. The van der Waals surface area contributed by atoms with Crippen molar-refractivity contribution in [2.45, 2.75) is 43.4 Å². The number of sulfone groups is 1. The molecule has 1 heterocycles. The number of fused-ring (bicyclic) bond motifs is 1. The maximum Gasteiger partial charge on any atom is 0.258 e. The molecule has 0 fully saturated rings. The van der Waals surface area contributed by atoms with Gasteiger partial charge >= 0.3 is 0 Å². The van der Waals surface area contributed by atoms with Crippen LogP contribution in [-0.2, 0) is 25.7 Å². The molecule has 1 N–H and O–H groups in total. The van der Waals surface area contributed by atoms with E-state index in [1.54, 1.807) is 61.3 Å². The Kier molecular flexibility index (Phi) is 8.57. The summed E-state index contributed by atoms with van der Waals surface area (Å²) in [4.78, 5) is 20.6. The zero-order chi connectivity index (χ0) is 31.8. The fourth-order valence-corrected chi connectivity index (χ4v) is 6.25. The first kappa shape index (κ1) is 31.3. The number of anilines is 1. The van der Waals surface area contributed by atoms with Gasteiger partial charge in [-0.25, -0.2) is 12.6 Å². The summed E-state index contributed by atoms with van der Waals surface area (Å²) in [7, 11) is -3.44. The molecule has 0 aliphatic rings. The van der Waals surface area contributed by atoms with Crippen LogP contribution in [0.15, 0.2) is 108 Å². The lowest BCUT2D eigenvalue weighted by molar-refractivity contribution is 0.0978. The Bertz CT molecular complexity index is 1990. The van der Waals surface area contributed by atoms with Gasteiger partial charge in [0.15, 0.2) is 20.9 Å². The largest absolute Gasteiger partial charge is 0.302 e. The number of rotatable bonds is 8. The molecule has 0 radical (unpaired) electrons. The van der Waals surface area contributed by atoms with Crippen molar-refractivity contribution in [3.63, 3.8) is 0 Å². The third-order valence-corrected chi connectivity index (χ3v) is 11.1. The summed E-state index contributed by atoms with van der Waals surface area (Å²) in [6, 6.07) is 28.5. The Morgan fingerprint density at radius 3 is 2.25 bits per heavy atom. The van der Waals surface area contributed by atoms with Gasteiger partial charge in [0.2, 0.25) is 0 Å². The first-order valence-corrected chi connectivity index (χ1v) is 17.1. The molecule has 0 saturated carbocycles. The normalized spacial score (nSPS) is 13.4. The Balaban J connectivity index is 1.68. The minimum atomic E-state index is -3.44. The molecule has 9 heteroatoms. The average Bonchev–Trinajstić information content (AvgIpc) is 3.01. The second-order valence-electron chi connectivity index (χ2n) is 11.4. The summed E-state index contributed by atoms with van der Waals surface area (Å²) in [5.41, 5.74) is 5.97. The lowest BCUT2D eigenvalue weighted by Crippen LogP contribution is -2.34. The van der Waals surface area contributed by atoms with Crippen molar-refractivity contribution in [2.75, 3.05) is 11.2 Å². The predicted molar refractivity (Wildman–Crippen MR) is 177 cm³/mol. The van der Waals surface area contributed by atoms with Crippen molar-refractivity contribution in [1.82, 2.24) is 4.98 Å². The predicted octanol–water partition coefficient (Wildman–Crippen LogP) is 7.48. The van der Waals surface area contributed by atoms with Gasteiger partial charge in [-0.05, 0) is 111 Å². The number of carbonyl (C=O) groups excluding carboxylic acids is 1. The topological polar surface area (TPSA) is 105 Å². The minimum absolute atomic E-state index is 0.218. The van der Waals surface area contributed by atoms with Gasteiger partial charge in [-0.15, -0.1) is 0 Å². The van der Waals surface area contributed by atoms with Crippen LogP contribution in [0.1, 0.15) is 53.9 Å². The summed E-state index contributed by atoms with van der Waals surface area (Å²) in [5, 5.41) is 0.828. The lowest BCUT2D eigenvalue weighted by atomic mass is 9.90. The maximum atomic E-state index is 14.0. The highest BCUT2D eigenvalue weighted by Crippen LogP contribution is 2.39. The molecule has 2 atom stereocenters. The van der Waals surface area contributed by atoms with E-state index in [1.807, 2.05) is 74.5 Å². The van der Waals surface area contributed by atoms with Crippen molar-refractivity contribution >= 4 is 43.4 Å². The van der Waals surface area contributed by atoms with Crippen molar-refractivity contribution in [3.8, 4) is 11.1 Å². The second-order valence-corrected chi connectivity index (χ2v) is 14.9. The quantitative estimate of drug-likeness (QED) is 0.179. The number of amides is 1. The zero-order valence-electron chi connectivity index (χ0n) is 25.2. The van der Waals surface area contributed by atoms with Gasteiger partial charge in [-0.1, -0.05) is 36.4 Å². The molecule has 0 aliphatic carbocycles. The molecular formula is C35H34N2O5S2. The van der Waals surface area contributed by atoms with Gasteiger partial charge in [0.05, 0.1) is 21.2 Å². The molecule has 44 heavy (non-hydrogen) atoms. The Hall–Kier alpha value is -4.18. The van der Waals surface area contributed by atoms with Crippen molar-refractivity contribution in [2.24, 2.45) is 0 Å². The highest BCUT2D eigenvalue weighted by molar-refractivity contribution is 7.91. The molecule has 0 spiro atoms. The van der Waals surface area contributed by atoms with E-state index in [0.717, 1.165) is 33.2 Å². The van der Waals surface area contributed by atoms with E-state index in [1.165, 1.54) is 6.26 Å². The third kappa shape index (κ3) is 5.95. The Morgan fingerprint density at radius 1 is 0.932 bits per heavy atom. The SMILES string of the molecule is Cc1ccc(-c2cc(C(C)(C)S(C)(=O)=O)cc3cccnc23)cc1C(C)N(C(=O)c1ccccc1)c1ccc(S(=O)O)cc1. The van der Waals surface area contributed by atoms with Crippen molar-refractivity contribution in [1.29, 1.82) is 0 Å². The summed E-state index contributed by atoms with van der Waals surface area (Å²) >= 11 is -2.14. The lowest BCUT2D eigenvalue weighted by Gasteiger charge is -2.31. The molecule has 226 valence electrons. The molecule has 5 rings (SSSR count). The van der Waals surface area contributed by atoms with Crippen molar-refractivity contribution in [3.05, 3.63) is 126 Å². The number of hydrogen-bond donors (Lipinski definition) is 1. The van der Waals surface area contributed by atoms with E-state index < -0.39 is 31.7 Å². The molecular weight excluding hydrogens is 593 g/mol. The van der Waals surface area contributed by atoms with E-state index in [9.17, 15) is 22.0 Å². The second kappa shape index (κ2) is 12.1. The number of aromatic nitrogens is 1. The Morgan fingerprint density at radius 2 is 1.61 bits per heavy atom. The fraction of sp³-hybridized carbons (Fsp3) is 0.200. The van der Waals surface area contributed by atoms with Crippen LogP contribution in [0.5, 0.6) is 0 Å². The molecule has 0 saturated heterocycles. The molecule has 0 aliphatic heterocycles. The van der Waals surface area contributed by atoms with Gasteiger partial charge in [0.1, 0.15) is 0 Å². The van der Waals surface area contributed by atoms with Crippen LogP contribution < -0.4 is 4.90 Å². The highest BCUT2D eigenvalue weighted by atomic mass is 32.2. The van der Waals surface area contributed by atoms with Gasteiger partial charge in [0.25, 0.3) is 5.91 Å². The molecule has 4 aromatic carbocycles. The average molecular weight is 627 g/mol. The van der Waals surface area contributed by atoms with Crippen LogP contribution in [0, 0.1) is 6.92 Å². The van der Waals surface area contributed by atoms with E-state index in [-0.39, 0.29) is 10.8 Å². The van der Waals surface area contributed by atoms with Crippen LogP contribution in [0.2, 0.25) is 0 Å². The third-order valence-electron chi connectivity index (χ3n) is 8.31. The minimum Gasteiger partial charge on any atom is -0.302 e. The summed E-state index contributed by atoms with van der Waals surface area (Å²) in [5.74, 6) is -0.218. The van der Waals surface area contributed by atoms with Crippen LogP contribution in [-0.4, -0.2) is 34.3 Å². The molecule has 0 bridgehead atoms. The van der Waals surface area contributed by atoms with E-state index in [4.69, 9.17) is 0 Å². The maximum absolute atomic E-state index is 14.0. The van der Waals surface area contributed by atoms with Crippen LogP contribution in [0.3, 0.4) is 0 Å². The standard InChI is InChI=1S/C35H34N2O5S2/c1-23-13-14-26(32-22-28(35(3,4)44(5,41)42)20-27-12-9-19-36-33(27)32)21-31(23)24(2)37(34(38)25-10-7-6-8-11-25)29-15-17-30(18-16-29)43(39)40/h6-22,24H,1-5H3,(H,39,40). The number of aryl methyl sites for hydroxylation is 1. The Labute approximate surface area is 260 Å². The number of nitrogens with zero attached hydrogens (tertiary/aromatic N) is 2. The summed E-state index contributed by atoms with van der Waals surface area (Å²) < 4.78 is 45.6. The van der Waals surface area contributed by atoms with Gasteiger partial charge < -0.3 is 9.45 Å². The number of pyridine rings is 1. The van der Waals surface area contributed by atoms with Crippen molar-refractivity contribution < 1.29 is 22.0 Å². The monoisotopic (exact) mass is 626 g/mol. The zero-order valence-corrected chi connectivity index (χ0v) is 26.8. The number of benzene rings is 4. The molecule has 5 aromatic rings. The number of carbonyl (C=O) groups is 1. The van der Waals surface area contributed by atoms with E-state index in [0.29, 0.717) is 16.8 Å². The smallest absolute Gasteiger partial charge is 0.258 e. The van der Waals surface area contributed by atoms with Gasteiger partial charge in [-0.2, -0.15) is 0 Å². The van der Waals surface area contributed by atoms with Gasteiger partial charge in [-0.3, -0.25) is 9.78 Å². The van der Waals surface area contributed by atoms with Crippen LogP contribution >= 0.6 is 0 Å². The highest BCUT2D eigenvalue weighted by Gasteiger charge is 2.33. The van der Waals surface area contributed by atoms with E-state index in [2.05, 4.69) is 4.98 Å². The van der Waals surface area contributed by atoms with E-state index >= 15 is 0 Å². The fourth-order valence-electron chi connectivity index (χ4n) is 5.33.